The Bertz CT molecular complexity index is 765. The molecule has 0 saturated heterocycles. The van der Waals surface area contributed by atoms with Crippen LogP contribution in [0.15, 0.2) is 28.1 Å². The van der Waals surface area contributed by atoms with Gasteiger partial charge in [-0.2, -0.15) is 0 Å². The Morgan fingerprint density at radius 2 is 2.00 bits per heavy atom. The highest BCUT2D eigenvalue weighted by Crippen LogP contribution is 2.28. The van der Waals surface area contributed by atoms with E-state index in [0.29, 0.717) is 19.0 Å². The first-order chi connectivity index (χ1) is 11.8. The van der Waals surface area contributed by atoms with E-state index >= 15 is 0 Å². The van der Waals surface area contributed by atoms with Crippen LogP contribution in [0.25, 0.3) is 0 Å². The van der Waals surface area contributed by atoms with Gasteiger partial charge < -0.3 is 16.0 Å². The largest absolute Gasteiger partial charge is 0.378 e. The monoisotopic (exact) mass is 497 g/mol. The highest BCUT2D eigenvalue weighted by Gasteiger charge is 2.21. The molecule has 0 atom stereocenters. The summed E-state index contributed by atoms with van der Waals surface area (Å²) in [6, 6.07) is 3.84. The number of halogens is 1. The average Bonchev–Trinajstić information content (AvgIpc) is 3.37. The van der Waals surface area contributed by atoms with Gasteiger partial charge in [-0.3, -0.25) is 15.1 Å². The van der Waals surface area contributed by atoms with Gasteiger partial charge >= 0.3 is 0 Å². The Morgan fingerprint density at radius 3 is 2.54 bits per heavy atom. The summed E-state index contributed by atoms with van der Waals surface area (Å²) in [5, 5.41) is 20.5. The van der Waals surface area contributed by atoms with E-state index in [2.05, 4.69) is 20.9 Å². The number of anilines is 1. The van der Waals surface area contributed by atoms with Crippen LogP contribution in [0.3, 0.4) is 0 Å². The van der Waals surface area contributed by atoms with Gasteiger partial charge in [0.2, 0.25) is 0 Å². The SMILES string of the molecule is CN=C(NCCNc1ccc(S(C)(=O)=O)cc1[N+](=O)[O-])NCC1CC1.I. The molecule has 0 aromatic heterocycles. The molecule has 0 amide bonds. The van der Waals surface area contributed by atoms with E-state index in [0.717, 1.165) is 24.8 Å². The van der Waals surface area contributed by atoms with Crippen LogP contribution in [-0.4, -0.2) is 52.2 Å². The third-order valence-electron chi connectivity index (χ3n) is 3.81. The highest BCUT2D eigenvalue weighted by molar-refractivity contribution is 14.0. The molecule has 0 aliphatic heterocycles. The molecule has 1 aromatic carbocycles. The second-order valence-electron chi connectivity index (χ2n) is 5.96. The second kappa shape index (κ2) is 9.90. The first-order valence-corrected chi connectivity index (χ1v) is 9.87. The molecular formula is C15H24IN5O4S. The van der Waals surface area contributed by atoms with Crippen molar-refractivity contribution < 1.29 is 13.3 Å². The van der Waals surface area contributed by atoms with E-state index in [9.17, 15) is 18.5 Å². The minimum absolute atomic E-state index is 0. The molecule has 0 heterocycles. The maximum atomic E-state index is 11.5. The van der Waals surface area contributed by atoms with Crippen molar-refractivity contribution >= 4 is 51.1 Å². The number of nitro benzene ring substituents is 1. The van der Waals surface area contributed by atoms with Gasteiger partial charge in [0.1, 0.15) is 5.69 Å². The fourth-order valence-electron chi connectivity index (χ4n) is 2.20. The van der Waals surface area contributed by atoms with E-state index in [-0.39, 0.29) is 40.2 Å². The molecule has 0 bridgehead atoms. The van der Waals surface area contributed by atoms with Crippen molar-refractivity contribution in [3.05, 3.63) is 28.3 Å². The van der Waals surface area contributed by atoms with Gasteiger partial charge in [-0.1, -0.05) is 0 Å². The number of rotatable bonds is 8. The lowest BCUT2D eigenvalue weighted by atomic mass is 10.2. The minimum Gasteiger partial charge on any atom is -0.378 e. The Morgan fingerprint density at radius 1 is 1.31 bits per heavy atom. The number of sulfone groups is 1. The molecule has 1 aromatic rings. The van der Waals surface area contributed by atoms with Crippen molar-refractivity contribution in [3.63, 3.8) is 0 Å². The lowest BCUT2D eigenvalue weighted by Gasteiger charge is -2.12. The predicted molar refractivity (Wildman–Crippen MR) is 112 cm³/mol. The summed E-state index contributed by atoms with van der Waals surface area (Å²) >= 11 is 0. The summed E-state index contributed by atoms with van der Waals surface area (Å²) in [7, 11) is -1.81. The molecule has 1 saturated carbocycles. The third-order valence-corrected chi connectivity index (χ3v) is 4.92. The number of hydrogen-bond acceptors (Lipinski definition) is 6. The number of nitrogens with one attached hydrogen (secondary N) is 3. The van der Waals surface area contributed by atoms with Crippen LogP contribution in [0, 0.1) is 16.0 Å². The lowest BCUT2D eigenvalue weighted by Crippen LogP contribution is -2.40. The fraction of sp³-hybridized carbons (Fsp3) is 0.533. The predicted octanol–water partition coefficient (Wildman–Crippen LogP) is 1.60. The number of guanidine groups is 1. The summed E-state index contributed by atoms with van der Waals surface area (Å²) in [6.07, 6.45) is 3.51. The van der Waals surface area contributed by atoms with E-state index < -0.39 is 14.8 Å². The molecule has 3 N–H and O–H groups in total. The van der Waals surface area contributed by atoms with Crippen LogP contribution in [0.1, 0.15) is 12.8 Å². The zero-order valence-corrected chi connectivity index (χ0v) is 17.8. The van der Waals surface area contributed by atoms with Gasteiger partial charge in [-0.15, -0.1) is 24.0 Å². The first kappa shape index (κ1) is 22.4. The zero-order valence-electron chi connectivity index (χ0n) is 14.7. The molecule has 0 radical (unpaired) electrons. The van der Waals surface area contributed by atoms with Gasteiger partial charge in [-0.05, 0) is 30.9 Å². The summed E-state index contributed by atoms with van der Waals surface area (Å²) in [5.74, 6) is 1.42. The minimum atomic E-state index is -3.49. The van der Waals surface area contributed by atoms with Crippen LogP contribution in [0.4, 0.5) is 11.4 Å². The van der Waals surface area contributed by atoms with Gasteiger partial charge in [0.05, 0.1) is 9.82 Å². The van der Waals surface area contributed by atoms with Crippen LogP contribution >= 0.6 is 24.0 Å². The Kier molecular flexibility index (Phi) is 8.53. The summed E-state index contributed by atoms with van der Waals surface area (Å²) in [4.78, 5) is 14.6. The summed E-state index contributed by atoms with van der Waals surface area (Å²) < 4.78 is 23.1. The molecular weight excluding hydrogens is 473 g/mol. The second-order valence-corrected chi connectivity index (χ2v) is 7.97. The van der Waals surface area contributed by atoms with Gasteiger partial charge in [0.25, 0.3) is 5.69 Å². The number of nitrogens with zero attached hydrogens (tertiary/aromatic N) is 2. The molecule has 0 spiro atoms. The van der Waals surface area contributed by atoms with Crippen LogP contribution < -0.4 is 16.0 Å². The van der Waals surface area contributed by atoms with Gasteiger partial charge in [0, 0.05) is 39.0 Å². The zero-order chi connectivity index (χ0) is 18.4. The van der Waals surface area contributed by atoms with Crippen LogP contribution in [0.2, 0.25) is 0 Å². The molecule has 26 heavy (non-hydrogen) atoms. The van der Waals surface area contributed by atoms with Crippen molar-refractivity contribution in [2.24, 2.45) is 10.9 Å². The molecule has 9 nitrogen and oxygen atoms in total. The fourth-order valence-corrected chi connectivity index (χ4v) is 2.85. The third kappa shape index (κ3) is 6.94. The van der Waals surface area contributed by atoms with Gasteiger partial charge in [-0.25, -0.2) is 8.42 Å². The average molecular weight is 497 g/mol. The van der Waals surface area contributed by atoms with E-state index in [1.807, 2.05) is 0 Å². The standard InChI is InChI=1S/C15H23N5O4S.HI/c1-16-15(19-10-11-3-4-11)18-8-7-17-13-6-5-12(25(2,23)24)9-14(13)20(21)22;/h5-6,9,11,17H,3-4,7-8,10H2,1-2H3,(H2,16,18,19);1H. The molecule has 1 aliphatic rings. The Labute approximate surface area is 170 Å². The summed E-state index contributed by atoms with van der Waals surface area (Å²) in [5.41, 5.74) is 0.0132. The normalized spacial score (nSPS) is 14.3. The van der Waals surface area contributed by atoms with Crippen molar-refractivity contribution in [3.8, 4) is 0 Å². The van der Waals surface area contributed by atoms with Gasteiger partial charge in [0.15, 0.2) is 15.8 Å². The first-order valence-electron chi connectivity index (χ1n) is 7.98. The van der Waals surface area contributed by atoms with E-state index in [4.69, 9.17) is 0 Å². The summed E-state index contributed by atoms with van der Waals surface area (Å²) in [6.45, 7) is 1.82. The van der Waals surface area contributed by atoms with Crippen molar-refractivity contribution in [1.82, 2.24) is 10.6 Å². The Hall–Kier alpha value is -1.63. The highest BCUT2D eigenvalue weighted by atomic mass is 127. The molecule has 11 heteroatoms. The molecule has 1 aliphatic carbocycles. The number of aliphatic imine (C=N–C) groups is 1. The van der Waals surface area contributed by atoms with E-state index in [1.165, 1.54) is 25.0 Å². The maximum Gasteiger partial charge on any atom is 0.293 e. The smallest absolute Gasteiger partial charge is 0.293 e. The number of nitro groups is 1. The topological polar surface area (TPSA) is 126 Å². The number of hydrogen-bond donors (Lipinski definition) is 3. The lowest BCUT2D eigenvalue weighted by molar-refractivity contribution is -0.384. The molecule has 1 fully saturated rings. The molecule has 2 rings (SSSR count). The van der Waals surface area contributed by atoms with Crippen LogP contribution in [0.5, 0.6) is 0 Å². The maximum absolute atomic E-state index is 11.5. The molecule has 0 unspecified atom stereocenters. The van der Waals surface area contributed by atoms with Crippen molar-refractivity contribution in [1.29, 1.82) is 0 Å². The van der Waals surface area contributed by atoms with Crippen LogP contribution in [-0.2, 0) is 9.84 Å². The Balaban J connectivity index is 0.00000338. The quantitative estimate of drug-likeness (QED) is 0.124. The van der Waals surface area contributed by atoms with Crippen molar-refractivity contribution in [2.75, 3.05) is 38.3 Å². The molecule has 146 valence electrons. The van der Waals surface area contributed by atoms with E-state index in [1.54, 1.807) is 7.05 Å². The number of benzene rings is 1. The van der Waals surface area contributed by atoms with Crippen molar-refractivity contribution in [2.45, 2.75) is 17.7 Å².